The number of nitrogens with one attached hydrogen (secondary N) is 2. The molecule has 3 amide bonds. The van der Waals surface area contributed by atoms with E-state index >= 15 is 0 Å². The molecule has 0 atom stereocenters. The van der Waals surface area contributed by atoms with Crippen LogP contribution in [0.5, 0.6) is 0 Å². The smallest absolute Gasteiger partial charge is 0.371 e. The number of carbonyl (C=O) groups is 2. The van der Waals surface area contributed by atoms with Gasteiger partial charge in [-0.15, -0.1) is 0 Å². The van der Waals surface area contributed by atoms with E-state index < -0.39 is 28.7 Å². The highest BCUT2D eigenvalue weighted by Crippen LogP contribution is 2.35. The van der Waals surface area contributed by atoms with Crippen molar-refractivity contribution >= 4 is 50.3 Å². The number of imide groups is 1. The number of piperidine rings is 3. The van der Waals surface area contributed by atoms with Gasteiger partial charge in [-0.05, 0) is 105 Å². The van der Waals surface area contributed by atoms with Crippen LogP contribution in [0.15, 0.2) is 59.8 Å². The zero-order valence-corrected chi connectivity index (χ0v) is 33.3. The predicted octanol–water partition coefficient (Wildman–Crippen LogP) is 5.28. The Hall–Kier alpha value is -4.81. The number of aryl methyl sites for hydroxylation is 1. The van der Waals surface area contributed by atoms with Crippen LogP contribution in [0.4, 0.5) is 35.4 Å². The van der Waals surface area contributed by atoms with Gasteiger partial charge in [0.1, 0.15) is 0 Å². The number of rotatable bonds is 10. The third-order valence-electron chi connectivity index (χ3n) is 12.1. The lowest BCUT2D eigenvalue weighted by molar-refractivity contribution is -0.127. The molecule has 0 radical (unpaired) electrons. The van der Waals surface area contributed by atoms with E-state index in [1.165, 1.54) is 9.87 Å². The van der Waals surface area contributed by atoms with Gasteiger partial charge in [-0.2, -0.15) is 22.6 Å². The van der Waals surface area contributed by atoms with Crippen molar-refractivity contribution in [2.75, 3.05) is 67.5 Å². The Kier molecular flexibility index (Phi) is 11.3. The summed E-state index contributed by atoms with van der Waals surface area (Å²) in [5.41, 5.74) is 3.15. The first-order chi connectivity index (χ1) is 27.8. The van der Waals surface area contributed by atoms with E-state index in [0.29, 0.717) is 50.1 Å². The van der Waals surface area contributed by atoms with E-state index in [9.17, 15) is 31.2 Å². The van der Waals surface area contributed by atoms with E-state index in [0.717, 1.165) is 87.4 Å². The molecule has 2 aromatic carbocycles. The lowest BCUT2D eigenvalue weighted by Crippen LogP contribution is -2.49. The van der Waals surface area contributed by atoms with Crippen molar-refractivity contribution in [3.8, 4) is 0 Å². The summed E-state index contributed by atoms with van der Waals surface area (Å²) in [4.78, 5) is 38.9. The van der Waals surface area contributed by atoms with Gasteiger partial charge in [0, 0.05) is 82.2 Å². The largest absolute Gasteiger partial charge is 0.393 e. The number of amides is 3. The highest BCUT2D eigenvalue weighted by atomic mass is 32.2. The number of urea groups is 1. The van der Waals surface area contributed by atoms with Gasteiger partial charge >= 0.3 is 12.2 Å². The molecule has 0 spiro atoms. The number of halogens is 3. The molecule has 4 fully saturated rings. The van der Waals surface area contributed by atoms with Crippen LogP contribution in [0.25, 0.3) is 10.9 Å². The number of fused-ring (bicyclic) bond motifs is 1. The number of aromatic nitrogens is 4. The Morgan fingerprint density at radius 1 is 0.879 bits per heavy atom. The molecule has 0 unspecified atom stereocenters. The second kappa shape index (κ2) is 16.4. The Balaban J connectivity index is 0.793. The van der Waals surface area contributed by atoms with Gasteiger partial charge in [0.05, 0.1) is 16.8 Å². The van der Waals surface area contributed by atoms with Gasteiger partial charge in [0.15, 0.2) is 5.82 Å². The van der Waals surface area contributed by atoms with Crippen LogP contribution in [-0.2, 0) is 28.3 Å². The summed E-state index contributed by atoms with van der Waals surface area (Å²) in [5.74, 6) is 1.55. The van der Waals surface area contributed by atoms with Crippen LogP contribution in [0.1, 0.15) is 62.0 Å². The summed E-state index contributed by atoms with van der Waals surface area (Å²) in [6, 6.07) is 13.1. The van der Waals surface area contributed by atoms with Crippen LogP contribution in [-0.4, -0.2) is 114 Å². The van der Waals surface area contributed by atoms with Crippen molar-refractivity contribution in [1.29, 1.82) is 0 Å². The SMILES string of the molecule is Cn1nc(N2CCC(=O)NC2=O)c2ccc(C3CCN(CC4CCN(c5cccc(S(=O)(=O)N6CCC(Nc7ncc(CC(F)(F)F)cn7)CC6)c5)CC4)CC3)cc21. The van der Waals surface area contributed by atoms with Crippen molar-refractivity contribution in [3.63, 3.8) is 0 Å². The summed E-state index contributed by atoms with van der Waals surface area (Å²) in [6.45, 7) is 5.77. The third kappa shape index (κ3) is 8.93. The minimum absolute atomic E-state index is 0.0134. The van der Waals surface area contributed by atoms with E-state index in [2.05, 4.69) is 53.7 Å². The molecule has 0 aliphatic carbocycles. The predicted molar refractivity (Wildman–Crippen MR) is 213 cm³/mol. The summed E-state index contributed by atoms with van der Waals surface area (Å²) in [5, 5.41) is 11.1. The van der Waals surface area contributed by atoms with E-state index in [-0.39, 0.29) is 34.8 Å². The molecule has 6 heterocycles. The first-order valence-electron chi connectivity index (χ1n) is 20.1. The number of hydrogen-bond donors (Lipinski definition) is 2. The maximum absolute atomic E-state index is 13.7. The summed E-state index contributed by atoms with van der Waals surface area (Å²) >= 11 is 0. The molecule has 8 rings (SSSR count). The fraction of sp³-hybridized carbons (Fsp3) is 0.525. The maximum Gasteiger partial charge on any atom is 0.393 e. The van der Waals surface area contributed by atoms with Gasteiger partial charge in [-0.3, -0.25) is 19.7 Å². The molecule has 0 saturated carbocycles. The van der Waals surface area contributed by atoms with Crippen LogP contribution in [0.3, 0.4) is 0 Å². The zero-order valence-electron chi connectivity index (χ0n) is 32.5. The summed E-state index contributed by atoms with van der Waals surface area (Å²) in [7, 11) is -1.83. The first kappa shape index (κ1) is 40.0. The van der Waals surface area contributed by atoms with Crippen LogP contribution in [0, 0.1) is 5.92 Å². The number of sulfonamides is 1. The molecule has 4 aliphatic heterocycles. The van der Waals surface area contributed by atoms with Gasteiger partial charge in [0.2, 0.25) is 21.9 Å². The third-order valence-corrected chi connectivity index (χ3v) is 14.0. The maximum atomic E-state index is 13.7. The van der Waals surface area contributed by atoms with Crippen molar-refractivity contribution in [2.45, 2.75) is 74.4 Å². The van der Waals surface area contributed by atoms with Crippen LogP contribution < -0.4 is 20.4 Å². The molecule has 14 nitrogen and oxygen atoms in total. The molecule has 4 saturated heterocycles. The molecule has 2 N–H and O–H groups in total. The van der Waals surface area contributed by atoms with E-state index in [4.69, 9.17) is 0 Å². The number of nitrogens with zero attached hydrogens (tertiary/aromatic N) is 8. The Bertz CT molecular complexity index is 2230. The monoisotopic (exact) mass is 822 g/mol. The number of likely N-dealkylation sites (tertiary alicyclic amines) is 1. The van der Waals surface area contributed by atoms with Gasteiger partial charge < -0.3 is 15.1 Å². The number of carbonyl (C=O) groups excluding carboxylic acids is 2. The molecular formula is C40H49F3N10O4S. The number of alkyl halides is 3. The van der Waals surface area contributed by atoms with Crippen molar-refractivity contribution in [1.82, 2.24) is 34.3 Å². The Labute approximate surface area is 335 Å². The number of hydrogen-bond acceptors (Lipinski definition) is 10. The molecule has 310 valence electrons. The highest BCUT2D eigenvalue weighted by Gasteiger charge is 2.33. The quantitative estimate of drug-likeness (QED) is 0.217. The normalized spacial score (nSPS) is 20.2. The van der Waals surface area contributed by atoms with Gasteiger partial charge in [-0.1, -0.05) is 12.1 Å². The van der Waals surface area contributed by atoms with Crippen LogP contribution in [0.2, 0.25) is 0 Å². The molecular weight excluding hydrogens is 774 g/mol. The fourth-order valence-electron chi connectivity index (χ4n) is 8.83. The van der Waals surface area contributed by atoms with Gasteiger partial charge in [-0.25, -0.2) is 23.2 Å². The molecule has 4 aromatic rings. The Morgan fingerprint density at radius 2 is 1.60 bits per heavy atom. The number of anilines is 3. The minimum atomic E-state index is -4.33. The lowest BCUT2D eigenvalue weighted by Gasteiger charge is -2.38. The zero-order chi connectivity index (χ0) is 40.6. The minimum Gasteiger partial charge on any atom is -0.371 e. The van der Waals surface area contributed by atoms with Gasteiger partial charge in [0.25, 0.3) is 0 Å². The average Bonchev–Trinajstić information content (AvgIpc) is 3.53. The summed E-state index contributed by atoms with van der Waals surface area (Å²) < 4.78 is 68.7. The van der Waals surface area contributed by atoms with Crippen molar-refractivity contribution in [2.24, 2.45) is 13.0 Å². The first-order valence-corrected chi connectivity index (χ1v) is 21.5. The second-order valence-corrected chi connectivity index (χ2v) is 17.9. The summed E-state index contributed by atoms with van der Waals surface area (Å²) in [6.07, 6.45) is 2.41. The highest BCUT2D eigenvalue weighted by molar-refractivity contribution is 7.89. The molecule has 2 aromatic heterocycles. The lowest BCUT2D eigenvalue weighted by atomic mass is 9.88. The Morgan fingerprint density at radius 3 is 2.29 bits per heavy atom. The molecule has 4 aliphatic rings. The topological polar surface area (TPSA) is 149 Å². The average molecular weight is 823 g/mol. The standard InChI is InChI=1S/C40H49F3N10O4S/c1-49-35-21-30(5-6-34(35)37(48-49)53-20-13-36(54)47-39(53)55)29-9-14-50(15-10-29)26-27-7-16-51(17-8-27)32-3-2-4-33(22-32)58(56,57)52-18-11-31(12-19-52)46-38-44-24-28(25-45-38)23-40(41,42)43/h2-6,21-22,24-25,27,29,31H,7-20,23,26H2,1H3,(H,44,45,46)(H,47,54,55). The van der Waals surface area contributed by atoms with Crippen molar-refractivity contribution in [3.05, 3.63) is 66.0 Å². The van der Waals surface area contributed by atoms with Crippen molar-refractivity contribution < 1.29 is 31.2 Å². The fourth-order valence-corrected chi connectivity index (χ4v) is 10.3. The second-order valence-electron chi connectivity index (χ2n) is 16.0. The van der Waals surface area contributed by atoms with E-state index in [1.807, 2.05) is 23.9 Å². The molecule has 18 heteroatoms. The molecule has 0 bridgehead atoms. The molecule has 58 heavy (non-hydrogen) atoms. The van der Waals surface area contributed by atoms with E-state index in [1.54, 1.807) is 17.0 Å². The number of benzene rings is 2. The van der Waals surface area contributed by atoms with Crippen LogP contribution >= 0.6 is 0 Å².